The van der Waals surface area contributed by atoms with Crippen LogP contribution in [0.5, 0.6) is 0 Å². The van der Waals surface area contributed by atoms with E-state index in [2.05, 4.69) is 5.32 Å². The number of imidazole rings is 1. The van der Waals surface area contributed by atoms with Crippen molar-refractivity contribution in [2.45, 2.75) is 0 Å². The lowest BCUT2D eigenvalue weighted by Gasteiger charge is -2.14. The molecular weight excluding hydrogens is 450 g/mol. The van der Waals surface area contributed by atoms with E-state index in [9.17, 15) is 24.5 Å². The van der Waals surface area contributed by atoms with Gasteiger partial charge in [0.25, 0.3) is 11.6 Å². The highest BCUT2D eigenvalue weighted by atomic mass is 16.6. The number of carbonyl (C=O) groups is 2. The molecule has 10 heteroatoms. The maximum absolute atomic E-state index is 13.3. The van der Waals surface area contributed by atoms with Gasteiger partial charge in [-0.3, -0.25) is 28.8 Å². The minimum Gasteiger partial charge on any atom is -0.372 e. The minimum atomic E-state index is -0.544. The summed E-state index contributed by atoms with van der Waals surface area (Å²) in [6.45, 7) is 0. The number of nitro groups is 1. The van der Waals surface area contributed by atoms with Crippen molar-refractivity contribution in [2.24, 2.45) is 14.1 Å². The highest BCUT2D eigenvalue weighted by Crippen LogP contribution is 2.29. The molecule has 0 aliphatic rings. The van der Waals surface area contributed by atoms with Gasteiger partial charge in [0.05, 0.1) is 21.5 Å². The quantitative estimate of drug-likeness (QED) is 0.261. The van der Waals surface area contributed by atoms with E-state index < -0.39 is 16.6 Å². The van der Waals surface area contributed by atoms with Crippen molar-refractivity contribution in [1.82, 2.24) is 9.13 Å². The summed E-state index contributed by atoms with van der Waals surface area (Å²) in [6, 6.07) is 15.6. The number of amides is 1. The van der Waals surface area contributed by atoms with Crippen LogP contribution in [0.15, 0.2) is 65.5 Å². The van der Waals surface area contributed by atoms with Crippen molar-refractivity contribution >= 4 is 39.8 Å². The first-order valence-electron chi connectivity index (χ1n) is 10.7. The Hall–Kier alpha value is -4.73. The molecule has 1 heterocycles. The molecule has 10 nitrogen and oxygen atoms in total. The number of hydrogen-bond acceptors (Lipinski definition) is 6. The van der Waals surface area contributed by atoms with Crippen molar-refractivity contribution in [2.75, 3.05) is 24.3 Å². The third-order valence-corrected chi connectivity index (χ3v) is 5.86. The van der Waals surface area contributed by atoms with Gasteiger partial charge >= 0.3 is 5.69 Å². The van der Waals surface area contributed by atoms with Crippen LogP contribution < -0.4 is 15.9 Å². The van der Waals surface area contributed by atoms with Gasteiger partial charge in [-0.05, 0) is 36.4 Å². The van der Waals surface area contributed by atoms with Crippen LogP contribution in [-0.4, -0.2) is 39.8 Å². The number of benzene rings is 3. The van der Waals surface area contributed by atoms with Gasteiger partial charge in [0.1, 0.15) is 5.69 Å². The van der Waals surface area contributed by atoms with E-state index in [4.69, 9.17) is 0 Å². The average molecular weight is 473 g/mol. The monoisotopic (exact) mass is 473 g/mol. The minimum absolute atomic E-state index is 0.100. The second kappa shape index (κ2) is 8.90. The molecule has 3 aromatic carbocycles. The van der Waals surface area contributed by atoms with Crippen molar-refractivity contribution in [3.05, 3.63) is 98.0 Å². The number of nitrogens with one attached hydrogen (secondary N) is 1. The van der Waals surface area contributed by atoms with Crippen molar-refractivity contribution in [3.63, 3.8) is 0 Å². The van der Waals surface area contributed by atoms with Crippen LogP contribution in [0.4, 0.5) is 17.1 Å². The lowest BCUT2D eigenvalue weighted by atomic mass is 9.97. The lowest BCUT2D eigenvalue weighted by Crippen LogP contribution is -2.19. The number of anilines is 2. The molecule has 178 valence electrons. The van der Waals surface area contributed by atoms with Gasteiger partial charge in [0, 0.05) is 51.1 Å². The molecule has 35 heavy (non-hydrogen) atoms. The Morgan fingerprint density at radius 2 is 1.57 bits per heavy atom. The van der Waals surface area contributed by atoms with Crippen molar-refractivity contribution in [3.8, 4) is 0 Å². The van der Waals surface area contributed by atoms with Gasteiger partial charge in [0.15, 0.2) is 5.78 Å². The van der Waals surface area contributed by atoms with Crippen LogP contribution in [0, 0.1) is 10.1 Å². The molecule has 0 radical (unpaired) electrons. The number of fused-ring (bicyclic) bond motifs is 1. The van der Waals surface area contributed by atoms with Gasteiger partial charge in [-0.15, -0.1) is 0 Å². The fourth-order valence-electron chi connectivity index (χ4n) is 4.01. The first-order chi connectivity index (χ1) is 16.6. The molecule has 4 rings (SSSR count). The van der Waals surface area contributed by atoms with E-state index in [1.54, 1.807) is 63.4 Å². The summed E-state index contributed by atoms with van der Waals surface area (Å²) >= 11 is 0. The first-order valence-corrected chi connectivity index (χ1v) is 10.7. The van der Waals surface area contributed by atoms with Crippen LogP contribution >= 0.6 is 0 Å². The molecule has 1 amide bonds. The van der Waals surface area contributed by atoms with Gasteiger partial charge in [-0.1, -0.05) is 18.2 Å². The summed E-state index contributed by atoms with van der Waals surface area (Å²) in [5.74, 6) is -1.03. The number of ketones is 1. The lowest BCUT2D eigenvalue weighted by molar-refractivity contribution is -0.384. The highest BCUT2D eigenvalue weighted by Gasteiger charge is 2.23. The average Bonchev–Trinajstić information content (AvgIpc) is 3.06. The number of aryl methyl sites for hydroxylation is 2. The predicted octanol–water partition coefficient (Wildman–Crippen LogP) is 3.33. The topological polar surface area (TPSA) is 119 Å². The summed E-state index contributed by atoms with van der Waals surface area (Å²) in [4.78, 5) is 51.2. The molecule has 0 fully saturated rings. The maximum atomic E-state index is 13.3. The zero-order valence-electron chi connectivity index (χ0n) is 19.6. The summed E-state index contributed by atoms with van der Waals surface area (Å²) in [7, 11) is 6.66. The van der Waals surface area contributed by atoms with Crippen molar-refractivity contribution < 1.29 is 14.5 Å². The molecule has 0 bridgehead atoms. The van der Waals surface area contributed by atoms with Crippen molar-refractivity contribution in [1.29, 1.82) is 0 Å². The normalized spacial score (nSPS) is 10.9. The van der Waals surface area contributed by atoms with Crippen LogP contribution in [0.3, 0.4) is 0 Å². The molecule has 1 aromatic heterocycles. The Morgan fingerprint density at radius 1 is 0.914 bits per heavy atom. The van der Waals surface area contributed by atoms with E-state index in [0.29, 0.717) is 22.4 Å². The maximum Gasteiger partial charge on any atom is 0.328 e. The highest BCUT2D eigenvalue weighted by molar-refractivity contribution is 6.18. The Balaban J connectivity index is 1.68. The third-order valence-electron chi connectivity index (χ3n) is 5.86. The number of nitro benzene ring substituents is 1. The Morgan fingerprint density at radius 3 is 2.23 bits per heavy atom. The van der Waals surface area contributed by atoms with Crippen LogP contribution in [0.25, 0.3) is 11.0 Å². The molecule has 0 spiro atoms. The zero-order chi connectivity index (χ0) is 25.4. The summed E-state index contributed by atoms with van der Waals surface area (Å²) in [5.41, 5.74) is 2.13. The number of rotatable bonds is 6. The number of nitrogens with zero attached hydrogens (tertiary/aromatic N) is 4. The standard InChI is InChI=1S/C25H23N5O5/c1-27(2)19-11-9-15(13-22(19)30(34)35)23(31)17-7-5-6-8-18(17)24(32)26-16-10-12-20-21(14-16)29(4)25(33)28(20)3/h5-14H,1-4H3,(H,26,32). The number of carbonyl (C=O) groups excluding carboxylic acids is 2. The first kappa shape index (κ1) is 23.4. The van der Waals surface area contributed by atoms with E-state index in [-0.39, 0.29) is 28.1 Å². The SMILES string of the molecule is CN(C)c1ccc(C(=O)c2ccccc2C(=O)Nc2ccc3c(c2)n(C)c(=O)n3C)cc1[N+](=O)[O-]. The third kappa shape index (κ3) is 4.17. The Labute approximate surface area is 200 Å². The molecule has 0 saturated heterocycles. The van der Waals surface area contributed by atoms with Crippen LogP contribution in [0.2, 0.25) is 0 Å². The molecule has 4 aromatic rings. The molecule has 0 atom stereocenters. The summed E-state index contributed by atoms with van der Waals surface area (Å²) < 4.78 is 2.99. The smallest absolute Gasteiger partial charge is 0.328 e. The summed E-state index contributed by atoms with van der Waals surface area (Å²) in [6.07, 6.45) is 0. The molecule has 0 aliphatic heterocycles. The van der Waals surface area contributed by atoms with Gasteiger partial charge in [-0.2, -0.15) is 0 Å². The number of hydrogen-bond donors (Lipinski definition) is 1. The van der Waals surface area contributed by atoms with E-state index in [0.717, 1.165) is 0 Å². The van der Waals surface area contributed by atoms with Crippen LogP contribution in [-0.2, 0) is 14.1 Å². The van der Waals surface area contributed by atoms with Crippen LogP contribution in [0.1, 0.15) is 26.3 Å². The second-order valence-corrected chi connectivity index (χ2v) is 8.29. The second-order valence-electron chi connectivity index (χ2n) is 8.29. The fraction of sp³-hybridized carbons (Fsp3) is 0.160. The largest absolute Gasteiger partial charge is 0.372 e. The molecular formula is C25H23N5O5. The van der Waals surface area contributed by atoms with E-state index in [1.165, 1.54) is 39.5 Å². The molecule has 0 saturated carbocycles. The van der Waals surface area contributed by atoms with Gasteiger partial charge in [-0.25, -0.2) is 4.79 Å². The van der Waals surface area contributed by atoms with E-state index in [1.807, 2.05) is 0 Å². The fourth-order valence-corrected chi connectivity index (χ4v) is 4.01. The van der Waals surface area contributed by atoms with Gasteiger partial charge < -0.3 is 10.2 Å². The number of aromatic nitrogens is 2. The Bertz CT molecular complexity index is 1560. The van der Waals surface area contributed by atoms with E-state index >= 15 is 0 Å². The predicted molar refractivity (Wildman–Crippen MR) is 133 cm³/mol. The summed E-state index contributed by atoms with van der Waals surface area (Å²) in [5, 5.41) is 14.3. The zero-order valence-corrected chi connectivity index (χ0v) is 19.6. The molecule has 1 N–H and O–H groups in total. The molecule has 0 unspecified atom stereocenters. The van der Waals surface area contributed by atoms with Gasteiger partial charge in [0.2, 0.25) is 0 Å². The Kier molecular flexibility index (Phi) is 5.96. The molecule has 0 aliphatic carbocycles.